The Labute approximate surface area is 226 Å². The SMILES string of the molecule is OCCCN1COc2ccc(C3(c4ccc5c(c4)CN(CCCO)CO5)CC4CC3C3CCCC43)cc2C1. The summed E-state index contributed by atoms with van der Waals surface area (Å²) >= 11 is 0. The van der Waals surface area contributed by atoms with Crippen molar-refractivity contribution in [2.45, 2.75) is 63.5 Å². The molecule has 0 saturated heterocycles. The largest absolute Gasteiger partial charge is 0.478 e. The van der Waals surface area contributed by atoms with Gasteiger partial charge in [0.15, 0.2) is 0 Å². The van der Waals surface area contributed by atoms with Gasteiger partial charge < -0.3 is 19.7 Å². The molecular weight excluding hydrogens is 476 g/mol. The highest BCUT2D eigenvalue weighted by atomic mass is 16.5. The molecule has 3 fully saturated rings. The number of ether oxygens (including phenoxy) is 2. The van der Waals surface area contributed by atoms with E-state index >= 15 is 0 Å². The summed E-state index contributed by atoms with van der Waals surface area (Å²) in [7, 11) is 0. The molecule has 0 amide bonds. The van der Waals surface area contributed by atoms with Crippen LogP contribution in [0.25, 0.3) is 0 Å². The number of benzene rings is 2. The number of rotatable bonds is 8. The zero-order chi connectivity index (χ0) is 25.7. The van der Waals surface area contributed by atoms with Crippen LogP contribution in [0.1, 0.15) is 67.2 Å². The fourth-order valence-corrected chi connectivity index (χ4v) is 8.99. The van der Waals surface area contributed by atoms with Gasteiger partial charge in [-0.15, -0.1) is 0 Å². The predicted octanol–water partition coefficient (Wildman–Crippen LogP) is 4.50. The van der Waals surface area contributed by atoms with Crippen molar-refractivity contribution in [3.8, 4) is 11.5 Å². The zero-order valence-electron chi connectivity index (χ0n) is 22.5. The fourth-order valence-electron chi connectivity index (χ4n) is 8.99. The summed E-state index contributed by atoms with van der Waals surface area (Å²) in [5.41, 5.74) is 5.55. The first kappa shape index (κ1) is 24.9. The van der Waals surface area contributed by atoms with E-state index in [0.29, 0.717) is 19.4 Å². The molecule has 2 aromatic rings. The van der Waals surface area contributed by atoms with Gasteiger partial charge in [0.05, 0.1) is 0 Å². The first-order chi connectivity index (χ1) is 18.7. The maximum atomic E-state index is 9.33. The minimum absolute atomic E-state index is 0.0426. The van der Waals surface area contributed by atoms with Crippen molar-refractivity contribution < 1.29 is 19.7 Å². The Balaban J connectivity index is 1.27. The first-order valence-corrected chi connectivity index (χ1v) is 14.9. The average molecular weight is 519 g/mol. The van der Waals surface area contributed by atoms with E-state index in [1.54, 1.807) is 0 Å². The van der Waals surface area contributed by atoms with Crippen LogP contribution in [0, 0.1) is 23.7 Å². The summed E-state index contributed by atoms with van der Waals surface area (Å²) in [4.78, 5) is 4.61. The fraction of sp³-hybridized carbons (Fsp3) is 0.625. The molecule has 0 aromatic heterocycles. The summed E-state index contributed by atoms with van der Waals surface area (Å²) in [5, 5.41) is 18.7. The van der Waals surface area contributed by atoms with Crippen molar-refractivity contribution in [3.05, 3.63) is 58.7 Å². The Morgan fingerprint density at radius 2 is 1.37 bits per heavy atom. The molecule has 4 unspecified atom stereocenters. The van der Waals surface area contributed by atoms with E-state index in [-0.39, 0.29) is 18.6 Å². The second-order valence-corrected chi connectivity index (χ2v) is 12.5. The molecule has 7 rings (SSSR count). The van der Waals surface area contributed by atoms with Crippen molar-refractivity contribution in [3.63, 3.8) is 0 Å². The smallest absolute Gasteiger partial charge is 0.142 e. The van der Waals surface area contributed by atoms with E-state index in [1.165, 1.54) is 54.4 Å². The summed E-state index contributed by atoms with van der Waals surface area (Å²) in [6.07, 6.45) is 8.39. The molecule has 2 heterocycles. The van der Waals surface area contributed by atoms with Gasteiger partial charge in [0.25, 0.3) is 0 Å². The molecule has 3 aliphatic carbocycles. The molecule has 3 saturated carbocycles. The molecule has 38 heavy (non-hydrogen) atoms. The highest BCUT2D eigenvalue weighted by Crippen LogP contribution is 2.68. The molecule has 0 radical (unpaired) electrons. The third-order valence-electron chi connectivity index (χ3n) is 10.5. The highest BCUT2D eigenvalue weighted by molar-refractivity contribution is 5.51. The number of aliphatic hydroxyl groups is 2. The van der Waals surface area contributed by atoms with Gasteiger partial charge in [0.1, 0.15) is 25.0 Å². The molecule has 2 aromatic carbocycles. The Kier molecular flexibility index (Phi) is 6.63. The van der Waals surface area contributed by atoms with E-state index in [0.717, 1.165) is 68.3 Å². The van der Waals surface area contributed by atoms with Crippen LogP contribution in [0.5, 0.6) is 11.5 Å². The van der Waals surface area contributed by atoms with Gasteiger partial charge in [-0.25, -0.2) is 0 Å². The highest BCUT2D eigenvalue weighted by Gasteiger charge is 2.62. The van der Waals surface area contributed by atoms with Gasteiger partial charge >= 0.3 is 0 Å². The molecule has 204 valence electrons. The lowest BCUT2D eigenvalue weighted by molar-refractivity contribution is 0.0878. The second-order valence-electron chi connectivity index (χ2n) is 12.5. The number of aliphatic hydroxyl groups excluding tert-OH is 2. The molecule has 5 aliphatic rings. The minimum Gasteiger partial charge on any atom is -0.478 e. The maximum absolute atomic E-state index is 9.33. The Morgan fingerprint density at radius 3 is 1.95 bits per heavy atom. The molecule has 6 heteroatoms. The van der Waals surface area contributed by atoms with Crippen LogP contribution in [0.3, 0.4) is 0 Å². The molecule has 2 aliphatic heterocycles. The van der Waals surface area contributed by atoms with Gasteiger partial charge in [-0.1, -0.05) is 18.6 Å². The van der Waals surface area contributed by atoms with Crippen LogP contribution in [-0.2, 0) is 18.5 Å². The number of fused-ring (bicyclic) bond motifs is 7. The van der Waals surface area contributed by atoms with Crippen LogP contribution in [-0.4, -0.2) is 59.8 Å². The summed E-state index contributed by atoms with van der Waals surface area (Å²) in [6.45, 7) is 5.13. The van der Waals surface area contributed by atoms with Crippen LogP contribution in [0.4, 0.5) is 0 Å². The monoisotopic (exact) mass is 518 g/mol. The normalized spacial score (nSPS) is 29.4. The maximum Gasteiger partial charge on any atom is 0.142 e. The van der Waals surface area contributed by atoms with Gasteiger partial charge in [-0.2, -0.15) is 0 Å². The molecule has 0 spiro atoms. The van der Waals surface area contributed by atoms with Crippen LogP contribution >= 0.6 is 0 Å². The van der Waals surface area contributed by atoms with Crippen molar-refractivity contribution in [2.75, 3.05) is 39.8 Å². The summed E-state index contributed by atoms with van der Waals surface area (Å²) in [6, 6.07) is 14.1. The third kappa shape index (κ3) is 4.07. The van der Waals surface area contributed by atoms with Crippen molar-refractivity contribution in [1.29, 1.82) is 0 Å². The zero-order valence-corrected chi connectivity index (χ0v) is 22.5. The Hall–Kier alpha value is -2.12. The van der Waals surface area contributed by atoms with E-state index < -0.39 is 0 Å². The first-order valence-electron chi connectivity index (χ1n) is 14.9. The van der Waals surface area contributed by atoms with E-state index in [1.807, 2.05) is 0 Å². The van der Waals surface area contributed by atoms with E-state index in [9.17, 15) is 10.2 Å². The standard InChI is InChI=1S/C32H42N2O4/c35-12-2-10-33-18-23-14-25(6-8-30(23)37-20-33)32(17-22-16-29(32)28-5-1-4-27(22)28)26-7-9-31-24(15-26)19-34(21-38-31)11-3-13-36/h6-9,14-15,22,27-29,35-36H,1-5,10-13,16-21H2. The van der Waals surface area contributed by atoms with E-state index in [4.69, 9.17) is 9.47 Å². The van der Waals surface area contributed by atoms with Crippen LogP contribution in [0.2, 0.25) is 0 Å². The predicted molar refractivity (Wildman–Crippen MR) is 146 cm³/mol. The number of hydrogen-bond donors (Lipinski definition) is 2. The van der Waals surface area contributed by atoms with Gasteiger partial charge in [-0.3, -0.25) is 9.80 Å². The molecule has 4 atom stereocenters. The summed E-state index contributed by atoms with van der Waals surface area (Å²) < 4.78 is 12.3. The molecular formula is C32H42N2O4. The Morgan fingerprint density at radius 1 is 0.789 bits per heavy atom. The number of hydrogen-bond acceptors (Lipinski definition) is 6. The van der Waals surface area contributed by atoms with Crippen LogP contribution in [0.15, 0.2) is 36.4 Å². The number of nitrogens with zero attached hydrogens (tertiary/aromatic N) is 2. The van der Waals surface area contributed by atoms with Gasteiger partial charge in [-0.05, 0) is 97.6 Å². The molecule has 6 nitrogen and oxygen atoms in total. The van der Waals surface area contributed by atoms with Crippen molar-refractivity contribution >= 4 is 0 Å². The van der Waals surface area contributed by atoms with Gasteiger partial charge in [0.2, 0.25) is 0 Å². The third-order valence-corrected chi connectivity index (χ3v) is 10.5. The van der Waals surface area contributed by atoms with E-state index in [2.05, 4.69) is 46.2 Å². The average Bonchev–Trinajstić information content (AvgIpc) is 3.68. The minimum atomic E-state index is 0.0426. The topological polar surface area (TPSA) is 65.4 Å². The second kappa shape index (κ2) is 10.1. The summed E-state index contributed by atoms with van der Waals surface area (Å²) in [5.74, 6) is 5.33. The van der Waals surface area contributed by atoms with Crippen molar-refractivity contribution in [2.24, 2.45) is 23.7 Å². The lowest BCUT2D eigenvalue weighted by atomic mass is 9.59. The van der Waals surface area contributed by atoms with Crippen LogP contribution < -0.4 is 9.47 Å². The lowest BCUT2D eigenvalue weighted by Crippen LogP contribution is -2.41. The Bertz CT molecular complexity index is 1100. The van der Waals surface area contributed by atoms with Gasteiger partial charge in [0, 0.05) is 55.9 Å². The van der Waals surface area contributed by atoms with Crippen molar-refractivity contribution in [1.82, 2.24) is 9.80 Å². The molecule has 2 bridgehead atoms. The lowest BCUT2D eigenvalue weighted by Gasteiger charge is -2.45. The molecule has 2 N–H and O–H groups in total. The quantitative estimate of drug-likeness (QED) is 0.537.